The lowest BCUT2D eigenvalue weighted by atomic mass is 10.2. The third-order valence-electron chi connectivity index (χ3n) is 9.27. The maximum Gasteiger partial charge on any atom is 0.413 e. The van der Waals surface area contributed by atoms with Crippen LogP contribution in [0.25, 0.3) is 11.2 Å². The Morgan fingerprint density at radius 3 is 2.27 bits per heavy atom. The van der Waals surface area contributed by atoms with Crippen molar-refractivity contribution in [1.29, 1.82) is 0 Å². The topological polar surface area (TPSA) is 119 Å². The van der Waals surface area contributed by atoms with Crippen LogP contribution < -0.4 is 10.1 Å². The van der Waals surface area contributed by atoms with Crippen molar-refractivity contribution in [2.24, 2.45) is 0 Å². The number of rotatable bonds is 10. The number of hydrogen-bond acceptors (Lipinski definition) is 9. The molecular weight excluding hydrogens is 595 g/mol. The Hall–Kier alpha value is -2.85. The minimum absolute atomic E-state index is 0.0490. The first-order valence-electron chi connectivity index (χ1n) is 15.1. The lowest BCUT2D eigenvalue weighted by Gasteiger charge is -2.40. The number of nitrogens with zero attached hydrogens (tertiary/aromatic N) is 4. The molecule has 3 aromatic rings. The van der Waals surface area contributed by atoms with Gasteiger partial charge in [-0.25, -0.2) is 19.7 Å². The normalized spacial score (nSPS) is 19.8. The van der Waals surface area contributed by atoms with E-state index in [0.29, 0.717) is 24.2 Å². The monoisotopic (exact) mass is 643 g/mol. The molecule has 1 aliphatic heterocycles. The van der Waals surface area contributed by atoms with E-state index in [-0.39, 0.29) is 40.9 Å². The average Bonchev–Trinajstić information content (AvgIpc) is 3.54. The number of benzene rings is 1. The lowest BCUT2D eigenvalue weighted by Crippen LogP contribution is -2.48. The van der Waals surface area contributed by atoms with Crippen molar-refractivity contribution in [2.45, 2.75) is 109 Å². The predicted molar refractivity (Wildman–Crippen MR) is 176 cm³/mol. The fourth-order valence-corrected chi connectivity index (χ4v) is 6.74. The summed E-state index contributed by atoms with van der Waals surface area (Å²) in [6.07, 6.45) is 2.31. The van der Waals surface area contributed by atoms with E-state index in [2.05, 4.69) is 88.0 Å². The Morgan fingerprint density at radius 1 is 1.00 bits per heavy atom. The third-order valence-corrected chi connectivity index (χ3v) is 18.3. The molecule has 11 nitrogen and oxygen atoms in total. The highest BCUT2D eigenvalue weighted by Gasteiger charge is 2.47. The van der Waals surface area contributed by atoms with Crippen LogP contribution in [0.15, 0.2) is 36.9 Å². The molecule has 1 saturated heterocycles. The molecule has 3 heterocycles. The molecule has 44 heavy (non-hydrogen) atoms. The number of imidazole rings is 1. The lowest BCUT2D eigenvalue weighted by molar-refractivity contribution is -0.0383. The SMILES string of the molecule is COc1ccc(COC(=O)Nc2ncnc3c2ncn3[C@H]2CC(O[Si](C)(C)C(C)(C)C)[C@@H](CO[Si](C)(C)C(C)(C)C)O2)cc1. The van der Waals surface area contributed by atoms with Crippen molar-refractivity contribution in [3.05, 3.63) is 42.5 Å². The number of amides is 1. The summed E-state index contributed by atoms with van der Waals surface area (Å²) in [6.45, 7) is 23.0. The molecule has 13 heteroatoms. The molecule has 1 fully saturated rings. The minimum atomic E-state index is -2.10. The van der Waals surface area contributed by atoms with Gasteiger partial charge in [0.2, 0.25) is 0 Å². The van der Waals surface area contributed by atoms with Gasteiger partial charge in [0, 0.05) is 6.42 Å². The van der Waals surface area contributed by atoms with E-state index in [0.717, 1.165) is 11.3 Å². The van der Waals surface area contributed by atoms with Crippen LogP contribution in [0.3, 0.4) is 0 Å². The molecular formula is C31H49N5O6Si2. The van der Waals surface area contributed by atoms with Gasteiger partial charge < -0.3 is 23.1 Å². The molecule has 0 aliphatic carbocycles. The van der Waals surface area contributed by atoms with Crippen LogP contribution in [0.5, 0.6) is 5.75 Å². The van der Waals surface area contributed by atoms with Gasteiger partial charge in [-0.15, -0.1) is 0 Å². The van der Waals surface area contributed by atoms with E-state index in [1.165, 1.54) is 6.33 Å². The van der Waals surface area contributed by atoms with Crippen molar-refractivity contribution in [1.82, 2.24) is 19.5 Å². The van der Waals surface area contributed by atoms with Crippen molar-refractivity contribution < 1.29 is 27.9 Å². The Bertz CT molecular complexity index is 1430. The molecule has 1 amide bonds. The standard InChI is InChI=1S/C31H49N5O6Si2/c1-30(2,3)43(8,9)40-18-24-23(42-44(10,11)31(4,5)6)16-25(41-24)36-20-34-26-27(32-19-33-28(26)36)35-29(37)39-17-21-12-14-22(38-7)15-13-21/h12-15,19-20,23-25H,16-18H2,1-11H3,(H,32,33,35,37)/t23?,24-,25-/m1/s1. The molecule has 1 aromatic carbocycles. The van der Waals surface area contributed by atoms with Crippen LogP contribution in [0.4, 0.5) is 10.6 Å². The second-order valence-electron chi connectivity index (χ2n) is 14.4. The number of carbonyl (C=O) groups excluding carboxylic acids is 1. The van der Waals surface area contributed by atoms with Crippen LogP contribution in [-0.2, 0) is 24.9 Å². The number of nitrogens with one attached hydrogen (secondary N) is 1. The summed E-state index contributed by atoms with van der Waals surface area (Å²) in [5.41, 5.74) is 1.82. The van der Waals surface area contributed by atoms with E-state index in [4.69, 9.17) is 23.1 Å². The number of aromatic nitrogens is 4. The van der Waals surface area contributed by atoms with Gasteiger partial charge in [0.15, 0.2) is 33.6 Å². The highest BCUT2D eigenvalue weighted by atomic mass is 28.4. The van der Waals surface area contributed by atoms with Gasteiger partial charge in [-0.3, -0.25) is 9.88 Å². The van der Waals surface area contributed by atoms with E-state index in [1.807, 2.05) is 28.8 Å². The molecule has 242 valence electrons. The second kappa shape index (κ2) is 12.9. The smallest absolute Gasteiger partial charge is 0.413 e. The van der Waals surface area contributed by atoms with Gasteiger partial charge in [0.05, 0.1) is 26.1 Å². The summed E-state index contributed by atoms with van der Waals surface area (Å²) in [7, 11) is -2.50. The molecule has 0 spiro atoms. The number of anilines is 1. The summed E-state index contributed by atoms with van der Waals surface area (Å²) in [5.74, 6) is 0.995. The van der Waals surface area contributed by atoms with Gasteiger partial charge in [-0.05, 0) is 54.0 Å². The Balaban J connectivity index is 1.51. The Kier molecular flexibility index (Phi) is 9.96. The summed E-state index contributed by atoms with van der Waals surface area (Å²) in [6, 6.07) is 7.30. The Labute approximate surface area is 263 Å². The van der Waals surface area contributed by atoms with E-state index < -0.39 is 22.7 Å². The maximum absolute atomic E-state index is 12.6. The molecule has 4 rings (SSSR count). The maximum atomic E-state index is 12.6. The quantitative estimate of drug-likeness (QED) is 0.227. The first kappa shape index (κ1) is 34.0. The van der Waals surface area contributed by atoms with Crippen LogP contribution in [0.2, 0.25) is 36.3 Å². The van der Waals surface area contributed by atoms with Crippen LogP contribution in [-0.4, -0.2) is 68.2 Å². The van der Waals surface area contributed by atoms with Gasteiger partial charge in [0.1, 0.15) is 31.0 Å². The number of carbonyl (C=O) groups is 1. The number of hydrogen-bond donors (Lipinski definition) is 1. The van der Waals surface area contributed by atoms with Crippen LogP contribution >= 0.6 is 0 Å². The summed E-state index contributed by atoms with van der Waals surface area (Å²) < 4.78 is 32.7. The number of methoxy groups -OCH3 is 1. The largest absolute Gasteiger partial charge is 0.497 e. The molecule has 1 aliphatic rings. The molecule has 1 N–H and O–H groups in total. The zero-order valence-electron chi connectivity index (χ0n) is 28.1. The highest BCUT2D eigenvalue weighted by molar-refractivity contribution is 6.74. The third kappa shape index (κ3) is 7.68. The van der Waals surface area contributed by atoms with E-state index in [1.54, 1.807) is 13.4 Å². The van der Waals surface area contributed by atoms with Crippen molar-refractivity contribution in [2.75, 3.05) is 19.0 Å². The van der Waals surface area contributed by atoms with Crippen molar-refractivity contribution in [3.63, 3.8) is 0 Å². The molecule has 2 aromatic heterocycles. The molecule has 1 unspecified atom stereocenters. The van der Waals surface area contributed by atoms with Crippen molar-refractivity contribution in [3.8, 4) is 5.75 Å². The predicted octanol–water partition coefficient (Wildman–Crippen LogP) is 7.28. The van der Waals surface area contributed by atoms with Gasteiger partial charge >= 0.3 is 6.09 Å². The fourth-order valence-electron chi connectivity index (χ4n) is 4.36. The summed E-state index contributed by atoms with van der Waals surface area (Å²) in [5, 5.41) is 2.84. The number of fused-ring (bicyclic) bond motifs is 1. The highest BCUT2D eigenvalue weighted by Crippen LogP contribution is 2.43. The van der Waals surface area contributed by atoms with Crippen LogP contribution in [0.1, 0.15) is 59.8 Å². The molecule has 0 saturated carbocycles. The van der Waals surface area contributed by atoms with Gasteiger partial charge in [-0.2, -0.15) is 0 Å². The Morgan fingerprint density at radius 2 is 1.66 bits per heavy atom. The second-order valence-corrected chi connectivity index (χ2v) is 24.0. The average molecular weight is 644 g/mol. The van der Waals surface area contributed by atoms with Crippen molar-refractivity contribution >= 4 is 39.7 Å². The molecule has 0 radical (unpaired) electrons. The number of ether oxygens (including phenoxy) is 3. The summed E-state index contributed by atoms with van der Waals surface area (Å²) in [4.78, 5) is 25.9. The van der Waals surface area contributed by atoms with E-state index >= 15 is 0 Å². The summed E-state index contributed by atoms with van der Waals surface area (Å²) >= 11 is 0. The van der Waals surface area contributed by atoms with Gasteiger partial charge in [-0.1, -0.05) is 53.7 Å². The van der Waals surface area contributed by atoms with E-state index in [9.17, 15) is 4.79 Å². The molecule has 0 bridgehead atoms. The first-order valence-corrected chi connectivity index (χ1v) is 20.9. The van der Waals surface area contributed by atoms with Gasteiger partial charge in [0.25, 0.3) is 0 Å². The zero-order valence-corrected chi connectivity index (χ0v) is 30.1. The first-order chi connectivity index (χ1) is 20.4. The zero-order chi connectivity index (χ0) is 32.5. The fraction of sp³-hybridized carbons (Fsp3) is 0.613. The molecule has 3 atom stereocenters. The minimum Gasteiger partial charge on any atom is -0.497 e. The van der Waals surface area contributed by atoms with Crippen LogP contribution in [0, 0.1) is 0 Å².